The molecule has 1 aromatic rings. The maximum atomic E-state index is 11.2. The number of esters is 1. The van der Waals surface area contributed by atoms with Crippen LogP contribution >= 0.6 is 11.6 Å². The first kappa shape index (κ1) is 11.8. The van der Waals surface area contributed by atoms with Gasteiger partial charge in [0.15, 0.2) is 0 Å². The van der Waals surface area contributed by atoms with Gasteiger partial charge in [0.05, 0.1) is 6.10 Å². The van der Waals surface area contributed by atoms with Crippen LogP contribution in [0.15, 0.2) is 30.3 Å². The number of carbonyl (C=O) groups is 1. The van der Waals surface area contributed by atoms with Crippen LogP contribution in [0.4, 0.5) is 0 Å². The average molecular weight is 225 g/mol. The number of benzene rings is 1. The first-order chi connectivity index (χ1) is 7.08. The molecule has 0 bridgehead atoms. The Morgan fingerprint density at radius 2 is 2.20 bits per heavy atom. The van der Waals surface area contributed by atoms with Crippen molar-refractivity contribution in [2.75, 3.05) is 0 Å². The van der Waals surface area contributed by atoms with Crippen LogP contribution in [0.3, 0.4) is 0 Å². The second-order valence-corrected chi connectivity index (χ2v) is 3.81. The van der Waals surface area contributed by atoms with Crippen molar-refractivity contribution in [1.29, 1.82) is 0 Å². The van der Waals surface area contributed by atoms with Crippen LogP contribution < -0.4 is 0 Å². The molecule has 0 aliphatic carbocycles. The van der Waals surface area contributed by atoms with E-state index in [9.17, 15) is 4.79 Å². The number of hydrogen-bond donors (Lipinski definition) is 0. The molecule has 0 atom stereocenters. The summed E-state index contributed by atoms with van der Waals surface area (Å²) < 4.78 is 4.94. The predicted octanol–water partition coefficient (Wildman–Crippen LogP) is 3.30. The Morgan fingerprint density at radius 1 is 1.47 bits per heavy atom. The van der Waals surface area contributed by atoms with Gasteiger partial charge in [0, 0.05) is 11.1 Å². The van der Waals surface area contributed by atoms with Crippen molar-refractivity contribution in [1.82, 2.24) is 0 Å². The maximum absolute atomic E-state index is 11.2. The van der Waals surface area contributed by atoms with Crippen molar-refractivity contribution in [3.63, 3.8) is 0 Å². The summed E-state index contributed by atoms with van der Waals surface area (Å²) in [6.45, 7) is 3.62. The van der Waals surface area contributed by atoms with Gasteiger partial charge in [-0.1, -0.05) is 23.7 Å². The van der Waals surface area contributed by atoms with E-state index in [1.54, 1.807) is 18.2 Å². The molecule has 0 spiro atoms. The van der Waals surface area contributed by atoms with Crippen molar-refractivity contribution in [2.24, 2.45) is 0 Å². The molecule has 0 heterocycles. The molecule has 0 unspecified atom stereocenters. The zero-order valence-electron chi connectivity index (χ0n) is 8.74. The number of carbonyl (C=O) groups excluding carboxylic acids is 1. The van der Waals surface area contributed by atoms with Crippen LogP contribution in [-0.4, -0.2) is 12.1 Å². The lowest BCUT2D eigenvalue weighted by Gasteiger charge is -2.03. The molecule has 0 saturated carbocycles. The molecule has 0 amide bonds. The number of hydrogen-bond acceptors (Lipinski definition) is 2. The van der Waals surface area contributed by atoms with E-state index >= 15 is 0 Å². The molecule has 0 fully saturated rings. The molecule has 3 heteroatoms. The minimum atomic E-state index is -0.343. The highest BCUT2D eigenvalue weighted by molar-refractivity contribution is 6.30. The highest BCUT2D eigenvalue weighted by Crippen LogP contribution is 2.11. The van der Waals surface area contributed by atoms with Gasteiger partial charge in [0.1, 0.15) is 0 Å². The van der Waals surface area contributed by atoms with Gasteiger partial charge < -0.3 is 4.74 Å². The van der Waals surface area contributed by atoms with Crippen molar-refractivity contribution in [3.05, 3.63) is 40.9 Å². The summed E-state index contributed by atoms with van der Waals surface area (Å²) in [7, 11) is 0. The standard InChI is InChI=1S/C12H13ClO2/c1-9(2)15-12(14)7-6-10-4-3-5-11(13)8-10/h3-9H,1-2H3/b7-6+. The van der Waals surface area contributed by atoms with Gasteiger partial charge in [-0.25, -0.2) is 4.79 Å². The average Bonchev–Trinajstić information content (AvgIpc) is 2.14. The van der Waals surface area contributed by atoms with Crippen LogP contribution in [-0.2, 0) is 9.53 Å². The van der Waals surface area contributed by atoms with E-state index in [0.29, 0.717) is 5.02 Å². The van der Waals surface area contributed by atoms with E-state index in [2.05, 4.69) is 0 Å². The summed E-state index contributed by atoms with van der Waals surface area (Å²) in [6.07, 6.45) is 2.98. The Balaban J connectivity index is 2.61. The minimum Gasteiger partial charge on any atom is -0.460 e. The predicted molar refractivity (Wildman–Crippen MR) is 61.7 cm³/mol. The van der Waals surface area contributed by atoms with Gasteiger partial charge in [-0.3, -0.25) is 0 Å². The molecule has 2 nitrogen and oxygen atoms in total. The molecule has 0 aliphatic heterocycles. The molecular formula is C12H13ClO2. The molecule has 80 valence electrons. The molecular weight excluding hydrogens is 212 g/mol. The lowest BCUT2D eigenvalue weighted by atomic mass is 10.2. The van der Waals surface area contributed by atoms with Gasteiger partial charge in [0.2, 0.25) is 0 Å². The topological polar surface area (TPSA) is 26.3 Å². The molecule has 15 heavy (non-hydrogen) atoms. The van der Waals surface area contributed by atoms with Crippen molar-refractivity contribution in [3.8, 4) is 0 Å². The second-order valence-electron chi connectivity index (χ2n) is 3.37. The smallest absolute Gasteiger partial charge is 0.331 e. The van der Waals surface area contributed by atoms with Crippen molar-refractivity contribution >= 4 is 23.6 Å². The summed E-state index contributed by atoms with van der Waals surface area (Å²) in [5.41, 5.74) is 0.878. The summed E-state index contributed by atoms with van der Waals surface area (Å²) in [6, 6.07) is 7.26. The van der Waals surface area contributed by atoms with Gasteiger partial charge in [-0.2, -0.15) is 0 Å². The molecule has 0 aromatic heterocycles. The molecule has 0 aliphatic rings. The van der Waals surface area contributed by atoms with Gasteiger partial charge in [-0.15, -0.1) is 0 Å². The molecule has 0 N–H and O–H groups in total. The fraction of sp³-hybridized carbons (Fsp3) is 0.250. The lowest BCUT2D eigenvalue weighted by molar-refractivity contribution is -0.141. The van der Waals surface area contributed by atoms with Crippen LogP contribution in [0.1, 0.15) is 19.4 Å². The molecule has 1 rings (SSSR count). The summed E-state index contributed by atoms with van der Waals surface area (Å²) in [5, 5.41) is 0.648. The van der Waals surface area contributed by atoms with Crippen LogP contribution in [0, 0.1) is 0 Å². The zero-order chi connectivity index (χ0) is 11.3. The van der Waals surface area contributed by atoms with Crippen LogP contribution in [0.5, 0.6) is 0 Å². The summed E-state index contributed by atoms with van der Waals surface area (Å²) >= 11 is 5.79. The quantitative estimate of drug-likeness (QED) is 0.582. The summed E-state index contributed by atoms with van der Waals surface area (Å²) in [4.78, 5) is 11.2. The highest BCUT2D eigenvalue weighted by Gasteiger charge is 1.99. The molecule has 1 aromatic carbocycles. The third-order valence-electron chi connectivity index (χ3n) is 1.61. The second kappa shape index (κ2) is 5.56. The fourth-order valence-corrected chi connectivity index (χ4v) is 1.24. The normalized spacial score (nSPS) is 10.9. The van der Waals surface area contributed by atoms with Crippen molar-refractivity contribution < 1.29 is 9.53 Å². The van der Waals surface area contributed by atoms with Crippen LogP contribution in [0.25, 0.3) is 6.08 Å². The minimum absolute atomic E-state index is 0.0958. The first-order valence-corrected chi connectivity index (χ1v) is 5.10. The molecule has 0 saturated heterocycles. The Kier molecular flexibility index (Phi) is 4.37. The Morgan fingerprint density at radius 3 is 2.80 bits per heavy atom. The number of rotatable bonds is 3. The monoisotopic (exact) mass is 224 g/mol. The van der Waals surface area contributed by atoms with E-state index in [1.807, 2.05) is 26.0 Å². The third-order valence-corrected chi connectivity index (χ3v) is 1.85. The van der Waals surface area contributed by atoms with E-state index in [0.717, 1.165) is 5.56 Å². The fourth-order valence-electron chi connectivity index (χ4n) is 1.05. The van der Waals surface area contributed by atoms with E-state index in [1.165, 1.54) is 6.08 Å². The summed E-state index contributed by atoms with van der Waals surface area (Å²) in [5.74, 6) is -0.343. The van der Waals surface area contributed by atoms with Gasteiger partial charge in [-0.05, 0) is 37.6 Å². The van der Waals surface area contributed by atoms with Crippen LogP contribution in [0.2, 0.25) is 5.02 Å². The van der Waals surface area contributed by atoms with E-state index in [-0.39, 0.29) is 12.1 Å². The highest BCUT2D eigenvalue weighted by atomic mass is 35.5. The molecule has 0 radical (unpaired) electrons. The first-order valence-electron chi connectivity index (χ1n) is 4.72. The SMILES string of the molecule is CC(C)OC(=O)/C=C/c1cccc(Cl)c1. The zero-order valence-corrected chi connectivity index (χ0v) is 9.49. The Labute approximate surface area is 94.5 Å². The Hall–Kier alpha value is -1.28. The van der Waals surface area contributed by atoms with E-state index in [4.69, 9.17) is 16.3 Å². The third kappa shape index (κ3) is 4.66. The largest absolute Gasteiger partial charge is 0.460 e. The lowest BCUT2D eigenvalue weighted by Crippen LogP contribution is -2.08. The number of halogens is 1. The Bertz CT molecular complexity index is 370. The van der Waals surface area contributed by atoms with Gasteiger partial charge in [0.25, 0.3) is 0 Å². The number of ether oxygens (including phenoxy) is 1. The van der Waals surface area contributed by atoms with Gasteiger partial charge >= 0.3 is 5.97 Å². The van der Waals surface area contributed by atoms with E-state index < -0.39 is 0 Å². The maximum Gasteiger partial charge on any atom is 0.331 e. The van der Waals surface area contributed by atoms with Crippen molar-refractivity contribution in [2.45, 2.75) is 20.0 Å².